The number of hydrogen-bond acceptors (Lipinski definition) is 3. The molecule has 0 atom stereocenters. The quantitative estimate of drug-likeness (QED) is 0.460. The van der Waals surface area contributed by atoms with Crippen LogP contribution in [0.2, 0.25) is 0 Å². The second kappa shape index (κ2) is 3.60. The molecule has 0 N–H and O–H groups in total. The molecule has 3 amide bonds. The Morgan fingerprint density at radius 3 is 2.77 bits per heavy atom. The molecule has 0 bridgehead atoms. The number of halogens is 1. The summed E-state index contributed by atoms with van der Waals surface area (Å²) in [6, 6.07) is -0.688. The number of urea groups is 1. The first-order valence-corrected chi connectivity index (χ1v) is 3.99. The van der Waals surface area contributed by atoms with Gasteiger partial charge in [-0.25, -0.2) is 18.9 Å². The van der Waals surface area contributed by atoms with E-state index in [0.29, 0.717) is 0 Å². The minimum atomic E-state index is -0.688. The summed E-state index contributed by atoms with van der Waals surface area (Å²) in [5.74, 6) is 1.06. The summed E-state index contributed by atoms with van der Waals surface area (Å²) in [5, 5.41) is 0. The van der Waals surface area contributed by atoms with E-state index in [-0.39, 0.29) is 18.7 Å². The Hall–Kier alpha value is -1.32. The molecule has 0 radical (unpaired) electrons. The van der Waals surface area contributed by atoms with E-state index in [0.717, 1.165) is 9.32 Å². The van der Waals surface area contributed by atoms with E-state index in [1.54, 1.807) is 6.92 Å². The fourth-order valence-electron chi connectivity index (χ4n) is 0.987. The Kier molecular flexibility index (Phi) is 2.70. The van der Waals surface area contributed by atoms with E-state index >= 15 is 0 Å². The normalized spacial score (nSPS) is 16.5. The molecule has 0 unspecified atom stereocenters. The van der Waals surface area contributed by atoms with Crippen molar-refractivity contribution in [1.82, 2.24) is 9.32 Å². The van der Waals surface area contributed by atoms with Crippen LogP contribution in [0.15, 0.2) is 5.70 Å². The molecule has 0 aliphatic carbocycles. The zero-order valence-corrected chi connectivity index (χ0v) is 7.67. The largest absolute Gasteiger partial charge is 0.346 e. The zero-order valence-electron chi connectivity index (χ0n) is 6.91. The van der Waals surface area contributed by atoms with E-state index in [4.69, 9.17) is 11.8 Å². The van der Waals surface area contributed by atoms with E-state index in [1.807, 2.05) is 0 Å². The van der Waals surface area contributed by atoms with Gasteiger partial charge in [0.15, 0.2) is 0 Å². The summed E-state index contributed by atoms with van der Waals surface area (Å²) in [4.78, 5) is 33.4. The van der Waals surface area contributed by atoms with Crippen LogP contribution < -0.4 is 0 Å². The van der Waals surface area contributed by atoms with Crippen LogP contribution in [-0.4, -0.2) is 33.7 Å². The lowest BCUT2D eigenvalue weighted by atomic mass is 10.4. The van der Waals surface area contributed by atoms with Crippen LogP contribution >= 0.6 is 11.8 Å². The summed E-state index contributed by atoms with van der Waals surface area (Å²) >= 11 is 5.42. The average molecular weight is 203 g/mol. The third-order valence-corrected chi connectivity index (χ3v) is 1.89. The summed E-state index contributed by atoms with van der Waals surface area (Å²) in [6.07, 6.45) is 0.141. The Bertz CT molecular complexity index is 309. The van der Waals surface area contributed by atoms with Crippen molar-refractivity contribution >= 4 is 29.7 Å². The molecule has 1 aliphatic rings. The second-order valence-corrected chi connectivity index (χ2v) is 2.84. The third kappa shape index (κ3) is 1.56. The van der Waals surface area contributed by atoms with Crippen molar-refractivity contribution in [2.75, 3.05) is 6.54 Å². The molecule has 0 saturated carbocycles. The highest BCUT2D eigenvalue weighted by Crippen LogP contribution is 2.19. The molecule has 1 rings (SSSR count). The maximum absolute atomic E-state index is 11.2. The molecule has 1 aliphatic heterocycles. The van der Waals surface area contributed by atoms with Gasteiger partial charge in [-0.05, 0) is 0 Å². The molecule has 1 saturated heterocycles. The van der Waals surface area contributed by atoms with Gasteiger partial charge in [0.25, 0.3) is 0 Å². The Morgan fingerprint density at radius 2 is 2.31 bits per heavy atom. The first-order chi connectivity index (χ1) is 6.11. The van der Waals surface area contributed by atoms with Crippen LogP contribution in [0.5, 0.6) is 0 Å². The van der Waals surface area contributed by atoms with Gasteiger partial charge in [-0.3, -0.25) is 4.79 Å². The molecule has 70 valence electrons. The Balaban J connectivity index is 3.00. The van der Waals surface area contributed by atoms with E-state index in [1.165, 1.54) is 5.94 Å². The number of hydrogen-bond donors (Lipinski definition) is 0. The van der Waals surface area contributed by atoms with Crippen molar-refractivity contribution < 1.29 is 14.4 Å². The fraction of sp³-hybridized carbons (Fsp3) is 0.429. The lowest BCUT2D eigenvalue weighted by Gasteiger charge is -2.10. The van der Waals surface area contributed by atoms with Crippen molar-refractivity contribution in [2.45, 2.75) is 13.3 Å². The SMILES string of the molecule is CCC(=O)N1C(=O)N(Cl)CC1=C=O. The molecular formula is C7H7ClN2O3. The van der Waals surface area contributed by atoms with Crippen LogP contribution in [0.25, 0.3) is 0 Å². The minimum Gasteiger partial charge on any atom is -0.274 e. The maximum atomic E-state index is 11.2. The summed E-state index contributed by atoms with van der Waals surface area (Å²) < 4.78 is 0.772. The van der Waals surface area contributed by atoms with Crippen LogP contribution in [0.1, 0.15) is 13.3 Å². The van der Waals surface area contributed by atoms with Crippen molar-refractivity contribution in [1.29, 1.82) is 0 Å². The number of nitrogens with zero attached hydrogens (tertiary/aromatic N) is 2. The van der Waals surface area contributed by atoms with E-state index < -0.39 is 11.9 Å². The van der Waals surface area contributed by atoms with Gasteiger partial charge >= 0.3 is 6.03 Å². The van der Waals surface area contributed by atoms with Crippen LogP contribution in [0, 0.1) is 0 Å². The van der Waals surface area contributed by atoms with Crippen molar-refractivity contribution in [3.8, 4) is 0 Å². The zero-order chi connectivity index (χ0) is 10.0. The number of imide groups is 1. The highest BCUT2D eigenvalue weighted by atomic mass is 35.5. The summed E-state index contributed by atoms with van der Waals surface area (Å²) in [7, 11) is 0. The van der Waals surface area contributed by atoms with Gasteiger partial charge in [0, 0.05) is 18.2 Å². The standard InChI is InChI=1S/C7H7ClN2O3/c1-2-6(12)10-5(4-11)3-9(8)7(10)13/h2-3H2,1H3. The maximum Gasteiger partial charge on any atom is 0.346 e. The Morgan fingerprint density at radius 1 is 1.69 bits per heavy atom. The van der Waals surface area contributed by atoms with Gasteiger partial charge in [0.2, 0.25) is 5.91 Å². The van der Waals surface area contributed by atoms with Crippen LogP contribution in [-0.2, 0) is 9.59 Å². The first-order valence-electron chi connectivity index (χ1n) is 3.66. The minimum absolute atomic E-state index is 0.0353. The molecule has 0 aromatic carbocycles. The predicted octanol–water partition coefficient (Wildman–Crippen LogP) is 0.530. The number of amides is 3. The highest BCUT2D eigenvalue weighted by Gasteiger charge is 2.36. The lowest BCUT2D eigenvalue weighted by Crippen LogP contribution is -2.32. The van der Waals surface area contributed by atoms with Gasteiger partial charge in [0.1, 0.15) is 11.6 Å². The van der Waals surface area contributed by atoms with Gasteiger partial charge in [-0.15, -0.1) is 0 Å². The molecule has 0 aromatic heterocycles. The fourth-order valence-corrected chi connectivity index (χ4v) is 1.18. The Labute approximate surface area is 79.7 Å². The van der Waals surface area contributed by atoms with Gasteiger partial charge in [-0.2, -0.15) is 0 Å². The summed E-state index contributed by atoms with van der Waals surface area (Å²) in [6.45, 7) is 1.52. The number of carbonyl (C=O) groups is 2. The average Bonchev–Trinajstić information content (AvgIpc) is 2.42. The van der Waals surface area contributed by atoms with E-state index in [9.17, 15) is 14.4 Å². The molecule has 6 heteroatoms. The van der Waals surface area contributed by atoms with Gasteiger partial charge in [-0.1, -0.05) is 6.92 Å². The smallest absolute Gasteiger partial charge is 0.274 e. The monoisotopic (exact) mass is 202 g/mol. The molecule has 13 heavy (non-hydrogen) atoms. The van der Waals surface area contributed by atoms with Crippen molar-refractivity contribution in [3.63, 3.8) is 0 Å². The highest BCUT2D eigenvalue weighted by molar-refractivity contribution is 6.24. The molecule has 0 aromatic rings. The van der Waals surface area contributed by atoms with Gasteiger partial charge in [0.05, 0.1) is 6.54 Å². The number of carbonyl (C=O) groups excluding carboxylic acids is 3. The predicted molar refractivity (Wildman–Crippen MR) is 44.3 cm³/mol. The molecule has 5 nitrogen and oxygen atoms in total. The summed E-state index contributed by atoms with van der Waals surface area (Å²) in [5.41, 5.74) is -0.0353. The molecule has 1 fully saturated rings. The number of rotatable bonds is 1. The first kappa shape index (κ1) is 9.77. The topological polar surface area (TPSA) is 57.7 Å². The second-order valence-electron chi connectivity index (χ2n) is 2.43. The van der Waals surface area contributed by atoms with Gasteiger partial charge < -0.3 is 0 Å². The van der Waals surface area contributed by atoms with E-state index in [2.05, 4.69) is 0 Å². The molecular weight excluding hydrogens is 196 g/mol. The van der Waals surface area contributed by atoms with Crippen LogP contribution in [0.3, 0.4) is 0 Å². The molecule has 1 heterocycles. The molecule has 0 spiro atoms. The lowest BCUT2D eigenvalue weighted by molar-refractivity contribution is -0.126. The third-order valence-electron chi connectivity index (χ3n) is 1.63. The van der Waals surface area contributed by atoms with Crippen LogP contribution in [0.4, 0.5) is 4.79 Å². The van der Waals surface area contributed by atoms with Crippen molar-refractivity contribution in [3.05, 3.63) is 5.70 Å². The van der Waals surface area contributed by atoms with Crippen molar-refractivity contribution in [2.24, 2.45) is 0 Å².